The third-order valence-corrected chi connectivity index (χ3v) is 5.04. The number of nitrogens with one attached hydrogen (secondary N) is 1. The number of hydrogen-bond acceptors (Lipinski definition) is 3. The van der Waals surface area contributed by atoms with Crippen LogP contribution in [-0.4, -0.2) is 61.5 Å². The highest BCUT2D eigenvalue weighted by Gasteiger charge is 2.18. The standard InChI is InChI=1S/C22H28FN3O/c23-21-8-6-20(7-9-21)10-12-24-22(27)18-26-16-14-25(15-17-26)13-11-19-4-2-1-3-5-19/h1-9H,10-18H2,(H,24,27). The van der Waals surface area contributed by atoms with E-state index in [0.29, 0.717) is 13.1 Å². The quantitative estimate of drug-likeness (QED) is 0.776. The second kappa shape index (κ2) is 10.2. The van der Waals surface area contributed by atoms with Crippen molar-refractivity contribution in [3.63, 3.8) is 0 Å². The lowest BCUT2D eigenvalue weighted by molar-refractivity contribution is -0.122. The van der Waals surface area contributed by atoms with Gasteiger partial charge in [-0.05, 0) is 36.1 Å². The van der Waals surface area contributed by atoms with Gasteiger partial charge in [-0.15, -0.1) is 0 Å². The number of hydrogen-bond donors (Lipinski definition) is 1. The van der Waals surface area contributed by atoms with Gasteiger partial charge in [0, 0.05) is 39.3 Å². The molecule has 0 radical (unpaired) electrons. The first-order chi connectivity index (χ1) is 13.2. The predicted molar refractivity (Wildman–Crippen MR) is 106 cm³/mol. The Morgan fingerprint density at radius 1 is 0.852 bits per heavy atom. The predicted octanol–water partition coefficient (Wildman–Crippen LogP) is 2.34. The average molecular weight is 369 g/mol. The van der Waals surface area contributed by atoms with E-state index in [-0.39, 0.29) is 11.7 Å². The van der Waals surface area contributed by atoms with Gasteiger partial charge in [0.1, 0.15) is 5.82 Å². The zero-order valence-electron chi connectivity index (χ0n) is 15.7. The fourth-order valence-electron chi connectivity index (χ4n) is 3.36. The maximum Gasteiger partial charge on any atom is 0.234 e. The maximum absolute atomic E-state index is 12.9. The van der Waals surface area contributed by atoms with Crippen molar-refractivity contribution in [2.45, 2.75) is 12.8 Å². The second-order valence-corrected chi connectivity index (χ2v) is 7.08. The monoisotopic (exact) mass is 369 g/mol. The molecule has 1 fully saturated rings. The zero-order valence-corrected chi connectivity index (χ0v) is 15.7. The summed E-state index contributed by atoms with van der Waals surface area (Å²) < 4.78 is 12.9. The lowest BCUT2D eigenvalue weighted by Gasteiger charge is -2.34. The smallest absolute Gasteiger partial charge is 0.234 e. The molecule has 0 spiro atoms. The lowest BCUT2D eigenvalue weighted by atomic mass is 10.1. The first-order valence-corrected chi connectivity index (χ1v) is 9.69. The third-order valence-electron chi connectivity index (χ3n) is 5.04. The van der Waals surface area contributed by atoms with Gasteiger partial charge in [0.15, 0.2) is 0 Å². The van der Waals surface area contributed by atoms with Gasteiger partial charge < -0.3 is 10.2 Å². The minimum Gasteiger partial charge on any atom is -0.355 e. The molecule has 5 heteroatoms. The number of halogens is 1. The highest BCUT2D eigenvalue weighted by molar-refractivity contribution is 5.78. The van der Waals surface area contributed by atoms with Crippen LogP contribution in [0.5, 0.6) is 0 Å². The van der Waals surface area contributed by atoms with E-state index in [1.807, 2.05) is 6.07 Å². The number of amides is 1. The molecular weight excluding hydrogens is 341 g/mol. The van der Waals surface area contributed by atoms with Crippen molar-refractivity contribution in [2.75, 3.05) is 45.8 Å². The minimum atomic E-state index is -0.231. The van der Waals surface area contributed by atoms with Crippen molar-refractivity contribution >= 4 is 5.91 Å². The Kier molecular flexibility index (Phi) is 7.36. The molecule has 1 saturated heterocycles. The van der Waals surface area contributed by atoms with E-state index in [1.165, 1.54) is 17.7 Å². The Balaban J connectivity index is 1.29. The maximum atomic E-state index is 12.9. The summed E-state index contributed by atoms with van der Waals surface area (Å²) in [7, 11) is 0. The average Bonchev–Trinajstić information content (AvgIpc) is 2.70. The highest BCUT2D eigenvalue weighted by Crippen LogP contribution is 2.06. The molecule has 1 amide bonds. The Morgan fingerprint density at radius 2 is 1.48 bits per heavy atom. The Bertz CT molecular complexity index is 697. The van der Waals surface area contributed by atoms with Crippen molar-refractivity contribution in [1.29, 1.82) is 0 Å². The summed E-state index contributed by atoms with van der Waals surface area (Å²) in [6.07, 6.45) is 1.80. The molecule has 3 rings (SSSR count). The van der Waals surface area contributed by atoms with Crippen molar-refractivity contribution in [1.82, 2.24) is 15.1 Å². The van der Waals surface area contributed by atoms with Crippen LogP contribution in [0.25, 0.3) is 0 Å². The number of benzene rings is 2. The van der Waals surface area contributed by atoms with Crippen LogP contribution in [0.2, 0.25) is 0 Å². The summed E-state index contributed by atoms with van der Waals surface area (Å²) >= 11 is 0. The Labute approximate surface area is 161 Å². The number of nitrogens with zero attached hydrogens (tertiary/aromatic N) is 2. The van der Waals surface area contributed by atoms with Gasteiger partial charge in [-0.3, -0.25) is 9.69 Å². The molecule has 1 aliphatic rings. The van der Waals surface area contributed by atoms with E-state index < -0.39 is 0 Å². The summed E-state index contributed by atoms with van der Waals surface area (Å²) in [5.74, 6) is -0.166. The van der Waals surface area contributed by atoms with Crippen molar-refractivity contribution in [3.05, 3.63) is 71.5 Å². The van der Waals surface area contributed by atoms with Crippen molar-refractivity contribution in [3.8, 4) is 0 Å². The minimum absolute atomic E-state index is 0.0647. The highest BCUT2D eigenvalue weighted by atomic mass is 19.1. The van der Waals surface area contributed by atoms with Crippen LogP contribution in [0.15, 0.2) is 54.6 Å². The van der Waals surface area contributed by atoms with Gasteiger partial charge in [0.05, 0.1) is 6.54 Å². The first kappa shape index (κ1) is 19.5. The van der Waals surface area contributed by atoms with E-state index in [2.05, 4.69) is 39.4 Å². The third kappa shape index (κ3) is 6.77. The fourth-order valence-corrected chi connectivity index (χ4v) is 3.36. The molecule has 0 atom stereocenters. The molecule has 0 bridgehead atoms. The zero-order chi connectivity index (χ0) is 18.9. The van der Waals surface area contributed by atoms with Gasteiger partial charge in [-0.25, -0.2) is 4.39 Å². The topological polar surface area (TPSA) is 35.6 Å². The van der Waals surface area contributed by atoms with E-state index in [1.54, 1.807) is 12.1 Å². The van der Waals surface area contributed by atoms with Gasteiger partial charge in [-0.2, -0.15) is 0 Å². The fraction of sp³-hybridized carbons (Fsp3) is 0.409. The van der Waals surface area contributed by atoms with Crippen LogP contribution in [0.4, 0.5) is 4.39 Å². The van der Waals surface area contributed by atoms with Crippen LogP contribution in [0.1, 0.15) is 11.1 Å². The van der Waals surface area contributed by atoms with Crippen molar-refractivity contribution in [2.24, 2.45) is 0 Å². The SMILES string of the molecule is O=C(CN1CCN(CCc2ccccc2)CC1)NCCc1ccc(F)cc1. The summed E-state index contributed by atoms with van der Waals surface area (Å²) in [4.78, 5) is 16.8. The van der Waals surface area contributed by atoms with E-state index >= 15 is 0 Å². The summed E-state index contributed by atoms with van der Waals surface area (Å²) in [5, 5.41) is 2.96. The molecular formula is C22H28FN3O. The molecule has 0 aliphatic carbocycles. The van der Waals surface area contributed by atoms with Crippen LogP contribution >= 0.6 is 0 Å². The van der Waals surface area contributed by atoms with E-state index in [0.717, 1.165) is 51.1 Å². The van der Waals surface area contributed by atoms with Crippen LogP contribution < -0.4 is 5.32 Å². The molecule has 2 aromatic carbocycles. The largest absolute Gasteiger partial charge is 0.355 e. The van der Waals surface area contributed by atoms with Crippen molar-refractivity contribution < 1.29 is 9.18 Å². The number of carbonyl (C=O) groups is 1. The van der Waals surface area contributed by atoms with Crippen LogP contribution in [0.3, 0.4) is 0 Å². The summed E-state index contributed by atoms with van der Waals surface area (Å²) in [6, 6.07) is 17.0. The molecule has 0 unspecified atom stereocenters. The van der Waals surface area contributed by atoms with E-state index in [9.17, 15) is 9.18 Å². The molecule has 0 aromatic heterocycles. The summed E-state index contributed by atoms with van der Waals surface area (Å²) in [5.41, 5.74) is 2.41. The lowest BCUT2D eigenvalue weighted by Crippen LogP contribution is -2.49. The van der Waals surface area contributed by atoms with Gasteiger partial charge in [0.25, 0.3) is 0 Å². The first-order valence-electron chi connectivity index (χ1n) is 9.69. The molecule has 1 N–H and O–H groups in total. The van der Waals surface area contributed by atoms with Crippen LogP contribution in [-0.2, 0) is 17.6 Å². The molecule has 1 aliphatic heterocycles. The number of piperazine rings is 1. The molecule has 1 heterocycles. The normalized spacial score (nSPS) is 15.6. The van der Waals surface area contributed by atoms with E-state index in [4.69, 9.17) is 0 Å². The Hall–Kier alpha value is -2.24. The van der Waals surface area contributed by atoms with Gasteiger partial charge in [-0.1, -0.05) is 42.5 Å². The second-order valence-electron chi connectivity index (χ2n) is 7.08. The number of rotatable bonds is 8. The molecule has 27 heavy (non-hydrogen) atoms. The summed E-state index contributed by atoms with van der Waals surface area (Å²) in [6.45, 7) is 5.99. The van der Waals surface area contributed by atoms with Gasteiger partial charge in [0.2, 0.25) is 5.91 Å². The van der Waals surface area contributed by atoms with Gasteiger partial charge >= 0.3 is 0 Å². The molecule has 2 aromatic rings. The molecule has 4 nitrogen and oxygen atoms in total. The molecule has 144 valence electrons. The molecule has 0 saturated carbocycles. The number of carbonyl (C=O) groups excluding carboxylic acids is 1. The Morgan fingerprint density at radius 3 is 2.19 bits per heavy atom. The van der Waals surface area contributed by atoms with Crippen LogP contribution in [0, 0.1) is 5.82 Å².